The zero-order valence-corrected chi connectivity index (χ0v) is 14.3. The quantitative estimate of drug-likeness (QED) is 0.232. The summed E-state index contributed by atoms with van der Waals surface area (Å²) in [7, 11) is 0. The summed E-state index contributed by atoms with van der Waals surface area (Å²) in [5.41, 5.74) is 2.60. The summed E-state index contributed by atoms with van der Waals surface area (Å²) in [5.74, 6) is -0.793. The van der Waals surface area contributed by atoms with Gasteiger partial charge in [0.1, 0.15) is 11.3 Å². The highest BCUT2D eigenvalue weighted by Gasteiger charge is 2.33. The molecular formula is C17H13BrFNO4. The summed E-state index contributed by atoms with van der Waals surface area (Å²) in [4.78, 5) is 21.5. The largest absolute Gasteiger partial charge is 0.422 e. The van der Waals surface area contributed by atoms with Crippen LogP contribution >= 0.6 is 15.9 Å². The lowest BCUT2D eigenvalue weighted by Gasteiger charge is -1.95. The zero-order chi connectivity index (χ0) is 18.3. The molecule has 1 aliphatic rings. The van der Waals surface area contributed by atoms with E-state index in [4.69, 9.17) is 4.74 Å². The molecule has 0 saturated heterocycles. The molecule has 124 valence electrons. The number of carbonyl (C=O) groups is 1. The highest BCUT2D eigenvalue weighted by molar-refractivity contribution is 9.11. The van der Waals surface area contributed by atoms with Crippen LogP contribution in [0, 0.1) is 10.1 Å². The monoisotopic (exact) mass is 393 g/mol. The first-order chi connectivity index (χ1) is 11.3. The Labute approximate surface area is 146 Å². The van der Waals surface area contributed by atoms with E-state index in [0.29, 0.717) is 11.3 Å². The van der Waals surface area contributed by atoms with Gasteiger partial charge in [0.25, 0.3) is 5.69 Å². The molecule has 0 amide bonds. The van der Waals surface area contributed by atoms with E-state index in [1.54, 1.807) is 19.1 Å². The molecule has 5 nitrogen and oxygen atoms in total. The smallest absolute Gasteiger partial charge is 0.351 e. The van der Waals surface area contributed by atoms with Crippen LogP contribution < -0.4 is 0 Å². The van der Waals surface area contributed by atoms with E-state index < -0.39 is 16.7 Å². The van der Waals surface area contributed by atoms with Crippen LogP contribution in [0.15, 0.2) is 65.6 Å². The van der Waals surface area contributed by atoms with E-state index in [0.717, 1.165) is 0 Å². The van der Waals surface area contributed by atoms with Gasteiger partial charge in [-0.2, -0.15) is 4.39 Å². The SMILES string of the molecule is C/C=C1\OC(=O)c2c1cccc2[N+](=O)[O-].C=CC=C=C(F)C(=C)Br. The van der Waals surface area contributed by atoms with Crippen LogP contribution in [0.25, 0.3) is 5.76 Å². The number of ether oxygens (including phenoxy) is 1. The van der Waals surface area contributed by atoms with Crippen LogP contribution in [0.2, 0.25) is 0 Å². The number of rotatable bonds is 3. The number of nitro benzene ring substituents is 1. The van der Waals surface area contributed by atoms with Gasteiger partial charge < -0.3 is 4.74 Å². The number of benzene rings is 1. The second kappa shape index (κ2) is 8.76. The average Bonchev–Trinajstić information content (AvgIpc) is 2.89. The first-order valence-corrected chi connectivity index (χ1v) is 7.37. The third kappa shape index (κ3) is 4.62. The standard InChI is InChI=1S/C10H7NO4.C7H6BrF/c1-2-8-6-4-3-5-7(11(13)14)9(6)10(12)15-8;1-3-4-5-7(9)6(2)8/h2-5H,1H3;3-4H,1-2H2/b8-2-;. The molecule has 0 aliphatic carbocycles. The molecule has 1 aliphatic heterocycles. The molecular weight excluding hydrogens is 381 g/mol. The van der Waals surface area contributed by atoms with E-state index in [1.807, 2.05) is 0 Å². The van der Waals surface area contributed by atoms with Crippen LogP contribution in [0.1, 0.15) is 22.8 Å². The second-order valence-electron chi connectivity index (χ2n) is 4.26. The van der Waals surface area contributed by atoms with Crippen LogP contribution in [0.5, 0.6) is 0 Å². The molecule has 0 saturated carbocycles. The summed E-state index contributed by atoms with van der Waals surface area (Å²) < 4.78 is 17.4. The maximum atomic E-state index is 12.3. The van der Waals surface area contributed by atoms with Gasteiger partial charge in [-0.1, -0.05) is 31.0 Å². The van der Waals surface area contributed by atoms with Crippen molar-refractivity contribution in [2.24, 2.45) is 0 Å². The van der Waals surface area contributed by atoms with Crippen LogP contribution in [-0.2, 0) is 4.74 Å². The number of cyclic esters (lactones) is 1. The number of nitrogens with zero attached hydrogens (tertiary/aromatic N) is 1. The third-order valence-electron chi connectivity index (χ3n) is 2.74. The van der Waals surface area contributed by atoms with Gasteiger partial charge in [-0.15, -0.1) is 0 Å². The van der Waals surface area contributed by atoms with Crippen LogP contribution in [0.3, 0.4) is 0 Å². The lowest BCUT2D eigenvalue weighted by atomic mass is 10.1. The van der Waals surface area contributed by atoms with E-state index in [2.05, 4.69) is 34.8 Å². The van der Waals surface area contributed by atoms with Gasteiger partial charge in [-0.3, -0.25) is 10.1 Å². The molecule has 24 heavy (non-hydrogen) atoms. The van der Waals surface area contributed by atoms with Gasteiger partial charge >= 0.3 is 5.97 Å². The summed E-state index contributed by atoms with van der Waals surface area (Å²) in [5, 5.41) is 10.7. The van der Waals surface area contributed by atoms with Crippen molar-refractivity contribution >= 4 is 33.3 Å². The van der Waals surface area contributed by atoms with Crippen molar-refractivity contribution < 1.29 is 18.8 Å². The number of esters is 1. The van der Waals surface area contributed by atoms with Crippen LogP contribution in [0.4, 0.5) is 10.1 Å². The summed E-state index contributed by atoms with van der Waals surface area (Å²) in [6, 6.07) is 4.45. The minimum absolute atomic E-state index is 0.0376. The van der Waals surface area contributed by atoms with Crippen molar-refractivity contribution in [1.29, 1.82) is 0 Å². The number of fused-ring (bicyclic) bond motifs is 1. The van der Waals surface area contributed by atoms with Gasteiger partial charge in [-0.25, -0.2) is 4.79 Å². The van der Waals surface area contributed by atoms with Crippen molar-refractivity contribution in [2.45, 2.75) is 6.92 Å². The number of allylic oxidation sites excluding steroid dienone is 4. The Hall–Kier alpha value is -2.76. The van der Waals surface area contributed by atoms with Crippen molar-refractivity contribution in [1.82, 2.24) is 0 Å². The van der Waals surface area contributed by atoms with E-state index in [-0.39, 0.29) is 15.7 Å². The predicted octanol–water partition coefficient (Wildman–Crippen LogP) is 5.22. The lowest BCUT2D eigenvalue weighted by Crippen LogP contribution is -2.00. The molecule has 1 aromatic rings. The molecule has 0 aromatic heterocycles. The Morgan fingerprint density at radius 2 is 2.17 bits per heavy atom. The summed E-state index contributed by atoms with van der Waals surface area (Å²) >= 11 is 2.85. The lowest BCUT2D eigenvalue weighted by molar-refractivity contribution is -0.385. The predicted molar refractivity (Wildman–Crippen MR) is 93.1 cm³/mol. The molecule has 1 heterocycles. The number of nitro groups is 1. The molecule has 0 radical (unpaired) electrons. The number of hydrogen-bond acceptors (Lipinski definition) is 4. The average molecular weight is 394 g/mol. The Bertz CT molecular complexity index is 805. The van der Waals surface area contributed by atoms with Crippen molar-refractivity contribution in [3.05, 3.63) is 86.9 Å². The highest BCUT2D eigenvalue weighted by Crippen LogP contribution is 2.35. The van der Waals surface area contributed by atoms with Crippen molar-refractivity contribution in [2.75, 3.05) is 0 Å². The normalized spacial score (nSPS) is 13.0. The fourth-order valence-corrected chi connectivity index (χ4v) is 1.86. The number of carbonyl (C=O) groups excluding carboxylic acids is 1. The van der Waals surface area contributed by atoms with Crippen molar-refractivity contribution in [3.8, 4) is 0 Å². The minimum atomic E-state index is -0.662. The topological polar surface area (TPSA) is 69.4 Å². The molecule has 0 bridgehead atoms. The van der Waals surface area contributed by atoms with E-state index in [1.165, 1.54) is 24.3 Å². The maximum absolute atomic E-state index is 12.3. The highest BCUT2D eigenvalue weighted by atomic mass is 79.9. The first-order valence-electron chi connectivity index (χ1n) is 6.57. The van der Waals surface area contributed by atoms with Gasteiger partial charge in [0, 0.05) is 11.6 Å². The minimum Gasteiger partial charge on any atom is -0.422 e. The van der Waals surface area contributed by atoms with Gasteiger partial charge in [0.2, 0.25) is 0 Å². The van der Waals surface area contributed by atoms with Crippen LogP contribution in [-0.4, -0.2) is 10.9 Å². The van der Waals surface area contributed by atoms with E-state index in [9.17, 15) is 19.3 Å². The molecule has 0 N–H and O–H groups in total. The Morgan fingerprint density at radius 1 is 1.50 bits per heavy atom. The molecule has 0 fully saturated rings. The molecule has 2 rings (SSSR count). The molecule has 0 atom stereocenters. The Balaban J connectivity index is 0.000000277. The second-order valence-corrected chi connectivity index (χ2v) is 5.22. The number of hydrogen-bond donors (Lipinski definition) is 0. The maximum Gasteiger partial charge on any atom is 0.351 e. The van der Waals surface area contributed by atoms with Gasteiger partial charge in [-0.05, 0) is 41.1 Å². The fraction of sp³-hybridized carbons (Fsp3) is 0.0588. The fourth-order valence-electron chi connectivity index (χ4n) is 1.74. The van der Waals surface area contributed by atoms with Gasteiger partial charge in [0.15, 0.2) is 5.83 Å². The molecule has 1 aromatic carbocycles. The number of halogens is 2. The Kier molecular flexibility index (Phi) is 7.04. The van der Waals surface area contributed by atoms with Crippen molar-refractivity contribution in [3.63, 3.8) is 0 Å². The molecule has 7 heteroatoms. The van der Waals surface area contributed by atoms with E-state index >= 15 is 0 Å². The first kappa shape index (κ1) is 19.3. The molecule has 0 spiro atoms. The summed E-state index contributed by atoms with van der Waals surface area (Å²) in [6.45, 7) is 8.35. The van der Waals surface area contributed by atoms with Gasteiger partial charge in [0.05, 0.1) is 9.41 Å². The third-order valence-corrected chi connectivity index (χ3v) is 3.09. The molecule has 0 unspecified atom stereocenters. The summed E-state index contributed by atoms with van der Waals surface area (Å²) in [6.07, 6.45) is 4.42. The zero-order valence-electron chi connectivity index (χ0n) is 12.7. The Morgan fingerprint density at radius 3 is 2.67 bits per heavy atom.